The zero-order valence-electron chi connectivity index (χ0n) is 13.3. The van der Waals surface area contributed by atoms with Gasteiger partial charge in [0.15, 0.2) is 5.82 Å². The van der Waals surface area contributed by atoms with Gasteiger partial charge >= 0.3 is 0 Å². The normalized spacial score (nSPS) is 15.4. The zero-order chi connectivity index (χ0) is 16.7. The molecule has 1 saturated carbocycles. The molecule has 1 aliphatic rings. The van der Waals surface area contributed by atoms with E-state index < -0.39 is 0 Å². The summed E-state index contributed by atoms with van der Waals surface area (Å²) in [6.45, 7) is 4.06. The van der Waals surface area contributed by atoms with Crippen LogP contribution >= 0.6 is 0 Å². The van der Waals surface area contributed by atoms with Gasteiger partial charge in [0.25, 0.3) is 5.91 Å². The highest BCUT2D eigenvalue weighted by atomic mass is 16.1. The third-order valence-corrected chi connectivity index (χ3v) is 4.34. The topological polar surface area (TPSA) is 119 Å². The molecular weight excluding hydrogens is 310 g/mol. The van der Waals surface area contributed by atoms with Gasteiger partial charge in [-0.15, -0.1) is 5.10 Å². The van der Waals surface area contributed by atoms with Crippen LogP contribution in [-0.2, 0) is 0 Å². The summed E-state index contributed by atoms with van der Waals surface area (Å²) in [6.07, 6.45) is 7.03. The van der Waals surface area contributed by atoms with E-state index in [1.54, 1.807) is 6.20 Å². The van der Waals surface area contributed by atoms with E-state index in [2.05, 4.69) is 43.1 Å². The van der Waals surface area contributed by atoms with Crippen LogP contribution < -0.4 is 5.32 Å². The van der Waals surface area contributed by atoms with Crippen molar-refractivity contribution in [2.24, 2.45) is 5.92 Å². The first-order chi connectivity index (χ1) is 11.6. The average molecular weight is 327 g/mol. The van der Waals surface area contributed by atoms with Crippen molar-refractivity contribution >= 4 is 11.7 Å². The lowest BCUT2D eigenvalue weighted by atomic mass is 10.2. The largest absolute Gasteiger partial charge is 0.306 e. The second-order valence-corrected chi connectivity index (χ2v) is 6.04. The Balaban J connectivity index is 1.62. The van der Waals surface area contributed by atoms with Gasteiger partial charge in [-0.25, -0.2) is 4.68 Å². The summed E-state index contributed by atoms with van der Waals surface area (Å²) in [7, 11) is 0. The average Bonchev–Trinajstić information content (AvgIpc) is 2.98. The van der Waals surface area contributed by atoms with E-state index in [9.17, 15) is 4.79 Å². The molecule has 1 amide bonds. The van der Waals surface area contributed by atoms with Crippen molar-refractivity contribution in [1.82, 2.24) is 40.2 Å². The van der Waals surface area contributed by atoms with Gasteiger partial charge in [-0.2, -0.15) is 14.9 Å². The van der Waals surface area contributed by atoms with Crippen molar-refractivity contribution < 1.29 is 4.79 Å². The molecule has 1 aliphatic carbocycles. The number of aromatic amines is 1. The number of carbonyl (C=O) groups excluding carboxylic acids is 1. The van der Waals surface area contributed by atoms with Crippen molar-refractivity contribution in [3.8, 4) is 5.82 Å². The number of amides is 1. The molecule has 0 unspecified atom stereocenters. The highest BCUT2D eigenvalue weighted by Crippen LogP contribution is 2.40. The molecule has 4 rings (SSSR count). The summed E-state index contributed by atoms with van der Waals surface area (Å²) in [4.78, 5) is 12.7. The Morgan fingerprint density at radius 1 is 1.42 bits per heavy atom. The highest BCUT2D eigenvalue weighted by Gasteiger charge is 2.31. The van der Waals surface area contributed by atoms with E-state index >= 15 is 0 Å². The molecule has 24 heavy (non-hydrogen) atoms. The summed E-state index contributed by atoms with van der Waals surface area (Å²) in [5, 5.41) is 25.0. The zero-order valence-corrected chi connectivity index (χ0v) is 13.3. The number of nitrogens with zero attached hydrogens (tertiary/aromatic N) is 7. The molecule has 3 aromatic rings. The predicted molar refractivity (Wildman–Crippen MR) is 83.7 cm³/mol. The first-order valence-corrected chi connectivity index (χ1v) is 7.77. The van der Waals surface area contributed by atoms with Crippen LogP contribution in [0, 0.1) is 12.8 Å². The van der Waals surface area contributed by atoms with Crippen LogP contribution in [0.2, 0.25) is 0 Å². The molecule has 10 nitrogen and oxygen atoms in total. The summed E-state index contributed by atoms with van der Waals surface area (Å²) in [6, 6.07) is 0.261. The molecule has 0 spiro atoms. The minimum absolute atomic E-state index is 0.261. The number of nitrogens with one attached hydrogen (secondary N) is 2. The summed E-state index contributed by atoms with van der Waals surface area (Å²) in [5.41, 5.74) is 1.27. The highest BCUT2D eigenvalue weighted by molar-refractivity contribution is 6.06. The van der Waals surface area contributed by atoms with Gasteiger partial charge in [0.05, 0.1) is 18.4 Å². The Bertz CT molecular complexity index is 859. The van der Waals surface area contributed by atoms with Gasteiger partial charge in [-0.1, -0.05) is 0 Å². The monoisotopic (exact) mass is 327 g/mol. The van der Waals surface area contributed by atoms with Gasteiger partial charge in [-0.3, -0.25) is 9.89 Å². The summed E-state index contributed by atoms with van der Waals surface area (Å²) in [5.74, 6) is 1.47. The number of rotatable bonds is 5. The number of anilines is 1. The molecular formula is C14H17N9O. The van der Waals surface area contributed by atoms with Crippen LogP contribution in [0.4, 0.5) is 5.82 Å². The lowest BCUT2D eigenvalue weighted by Crippen LogP contribution is -2.20. The first-order valence-electron chi connectivity index (χ1n) is 7.77. The van der Waals surface area contributed by atoms with Crippen LogP contribution in [0.1, 0.15) is 41.7 Å². The van der Waals surface area contributed by atoms with Gasteiger partial charge in [0, 0.05) is 5.56 Å². The van der Waals surface area contributed by atoms with Crippen molar-refractivity contribution in [3.63, 3.8) is 0 Å². The lowest BCUT2D eigenvalue weighted by molar-refractivity contribution is 0.102. The van der Waals surface area contributed by atoms with Gasteiger partial charge in [0.2, 0.25) is 0 Å². The quantitative estimate of drug-likeness (QED) is 0.724. The molecule has 0 radical (unpaired) electrons. The number of hydrogen-bond donors (Lipinski definition) is 2. The molecule has 2 N–H and O–H groups in total. The van der Waals surface area contributed by atoms with Crippen LogP contribution in [0.5, 0.6) is 0 Å². The molecule has 10 heteroatoms. The van der Waals surface area contributed by atoms with Crippen LogP contribution in [-0.4, -0.2) is 46.1 Å². The SMILES string of the molecule is Cc1cnn([C@H](C)C2CC2)c1NC(=O)c1cn[nH]c1-n1cnnn1. The maximum atomic E-state index is 12.7. The first kappa shape index (κ1) is 14.5. The van der Waals surface area contributed by atoms with Gasteiger partial charge in [-0.05, 0) is 43.0 Å². The van der Waals surface area contributed by atoms with Crippen molar-refractivity contribution in [2.45, 2.75) is 32.7 Å². The second kappa shape index (κ2) is 5.55. The van der Waals surface area contributed by atoms with E-state index in [0.29, 0.717) is 23.1 Å². The number of carbonyl (C=O) groups is 1. The third-order valence-electron chi connectivity index (χ3n) is 4.34. The maximum Gasteiger partial charge on any atom is 0.262 e. The van der Waals surface area contributed by atoms with E-state index in [0.717, 1.165) is 5.56 Å². The molecule has 1 atom stereocenters. The standard InChI is InChI=1S/C14H17N9O/c1-8-5-17-23(9(2)10-3-4-10)12(8)18-14(24)11-6-15-19-13(11)22-7-16-20-21-22/h5-7,9-10H,3-4H2,1-2H3,(H,15,19)(H,18,24)/t9-/m1/s1. The third kappa shape index (κ3) is 2.45. The Kier molecular flexibility index (Phi) is 3.36. The van der Waals surface area contributed by atoms with Crippen LogP contribution in [0.15, 0.2) is 18.7 Å². The molecule has 0 aromatic carbocycles. The fourth-order valence-electron chi connectivity index (χ4n) is 2.75. The Labute approximate surface area is 137 Å². The number of hydrogen-bond acceptors (Lipinski definition) is 6. The van der Waals surface area contributed by atoms with Gasteiger partial charge in [0.1, 0.15) is 17.7 Å². The van der Waals surface area contributed by atoms with Crippen LogP contribution in [0.25, 0.3) is 5.82 Å². The van der Waals surface area contributed by atoms with Crippen molar-refractivity contribution in [1.29, 1.82) is 0 Å². The molecule has 0 bridgehead atoms. The number of aromatic nitrogens is 8. The Morgan fingerprint density at radius 2 is 2.25 bits per heavy atom. The fourth-order valence-corrected chi connectivity index (χ4v) is 2.75. The molecule has 3 aromatic heterocycles. The minimum Gasteiger partial charge on any atom is -0.306 e. The predicted octanol–water partition coefficient (Wildman–Crippen LogP) is 1.11. The smallest absolute Gasteiger partial charge is 0.262 e. The minimum atomic E-state index is -0.290. The Hall–Kier alpha value is -3.04. The number of H-pyrrole nitrogens is 1. The summed E-state index contributed by atoms with van der Waals surface area (Å²) < 4.78 is 3.25. The van der Waals surface area contributed by atoms with E-state index in [-0.39, 0.29) is 11.9 Å². The maximum absolute atomic E-state index is 12.7. The lowest BCUT2D eigenvalue weighted by Gasteiger charge is -2.16. The van der Waals surface area contributed by atoms with Gasteiger partial charge < -0.3 is 5.32 Å². The molecule has 0 aliphatic heterocycles. The molecule has 1 fully saturated rings. The van der Waals surface area contributed by atoms with Crippen LogP contribution in [0.3, 0.4) is 0 Å². The van der Waals surface area contributed by atoms with Crippen molar-refractivity contribution in [2.75, 3.05) is 5.32 Å². The molecule has 0 saturated heterocycles. The summed E-state index contributed by atoms with van der Waals surface area (Å²) >= 11 is 0. The van der Waals surface area contributed by atoms with E-state index in [4.69, 9.17) is 0 Å². The van der Waals surface area contributed by atoms with Crippen molar-refractivity contribution in [3.05, 3.63) is 29.8 Å². The number of aryl methyl sites for hydroxylation is 1. The van der Waals surface area contributed by atoms with E-state index in [1.807, 2.05) is 11.6 Å². The van der Waals surface area contributed by atoms with E-state index in [1.165, 1.54) is 30.0 Å². The second-order valence-electron chi connectivity index (χ2n) is 6.04. The fraction of sp³-hybridized carbons (Fsp3) is 0.429. The molecule has 3 heterocycles. The molecule has 124 valence electrons. The number of tetrazole rings is 1. The Morgan fingerprint density at radius 3 is 2.96 bits per heavy atom.